The molecule has 0 bridgehead atoms. The first-order valence-corrected chi connectivity index (χ1v) is 7.21. The first-order chi connectivity index (χ1) is 10.2. The van der Waals surface area contributed by atoms with E-state index in [-0.39, 0.29) is 0 Å². The number of hydrogen-bond donors (Lipinski definition) is 2. The van der Waals surface area contributed by atoms with Crippen molar-refractivity contribution in [2.75, 3.05) is 18.2 Å². The number of nitrogens with one attached hydrogen (secondary N) is 1. The standard InChI is InChI=1S/C16H14BrN3O/c1-21-11-3-4-13(17)15(8-11)20-14-5-2-10-9-19-7-6-12(10)16(14)18/h2-9,20H,18H2,1H3. The van der Waals surface area contributed by atoms with E-state index in [4.69, 9.17) is 10.5 Å². The molecule has 3 aromatic rings. The summed E-state index contributed by atoms with van der Waals surface area (Å²) in [7, 11) is 1.64. The largest absolute Gasteiger partial charge is 0.497 e. The first kappa shape index (κ1) is 13.7. The fourth-order valence-electron chi connectivity index (χ4n) is 2.17. The quantitative estimate of drug-likeness (QED) is 0.694. The molecule has 1 aromatic heterocycles. The van der Waals surface area contributed by atoms with Crippen molar-refractivity contribution >= 4 is 43.8 Å². The Morgan fingerprint density at radius 1 is 1.14 bits per heavy atom. The van der Waals surface area contributed by atoms with Gasteiger partial charge in [-0.3, -0.25) is 4.98 Å². The van der Waals surface area contributed by atoms with Crippen molar-refractivity contribution in [3.8, 4) is 5.75 Å². The predicted octanol–water partition coefficient (Wildman–Crippen LogP) is 4.33. The molecule has 4 nitrogen and oxygen atoms in total. The van der Waals surface area contributed by atoms with Crippen molar-refractivity contribution in [3.05, 3.63) is 53.3 Å². The van der Waals surface area contributed by atoms with E-state index >= 15 is 0 Å². The number of benzene rings is 2. The third-order valence-corrected chi connectivity index (χ3v) is 4.00. The summed E-state index contributed by atoms with van der Waals surface area (Å²) in [5.41, 5.74) is 8.70. The summed E-state index contributed by atoms with van der Waals surface area (Å²) in [6.45, 7) is 0. The number of pyridine rings is 1. The van der Waals surface area contributed by atoms with Crippen LogP contribution in [0, 0.1) is 0 Å². The molecule has 5 heteroatoms. The highest BCUT2D eigenvalue weighted by Gasteiger charge is 2.07. The molecule has 0 fully saturated rings. The SMILES string of the molecule is COc1ccc(Br)c(Nc2ccc3cnccc3c2N)c1. The summed E-state index contributed by atoms with van der Waals surface area (Å²) in [6, 6.07) is 11.6. The minimum absolute atomic E-state index is 0.699. The van der Waals surface area contributed by atoms with E-state index in [1.165, 1.54) is 0 Å². The maximum Gasteiger partial charge on any atom is 0.121 e. The molecule has 0 aliphatic rings. The lowest BCUT2D eigenvalue weighted by molar-refractivity contribution is 0.415. The van der Waals surface area contributed by atoms with Gasteiger partial charge < -0.3 is 15.8 Å². The van der Waals surface area contributed by atoms with Gasteiger partial charge in [0.15, 0.2) is 0 Å². The lowest BCUT2D eigenvalue weighted by Gasteiger charge is -2.13. The number of fused-ring (bicyclic) bond motifs is 1. The highest BCUT2D eigenvalue weighted by Crippen LogP contribution is 2.34. The number of halogens is 1. The summed E-state index contributed by atoms with van der Waals surface area (Å²) in [5.74, 6) is 0.782. The van der Waals surface area contributed by atoms with Crippen LogP contribution in [0.15, 0.2) is 53.3 Å². The smallest absolute Gasteiger partial charge is 0.121 e. The number of nitrogen functional groups attached to an aromatic ring is 1. The lowest BCUT2D eigenvalue weighted by Crippen LogP contribution is -1.98. The summed E-state index contributed by atoms with van der Waals surface area (Å²) in [5, 5.41) is 5.33. The average Bonchev–Trinajstić information content (AvgIpc) is 2.52. The molecular formula is C16H14BrN3O. The van der Waals surface area contributed by atoms with Gasteiger partial charge in [0.05, 0.1) is 24.2 Å². The number of aromatic nitrogens is 1. The van der Waals surface area contributed by atoms with Crippen LogP contribution in [0.4, 0.5) is 17.1 Å². The van der Waals surface area contributed by atoms with Gasteiger partial charge in [0.1, 0.15) is 5.75 Å². The van der Waals surface area contributed by atoms with Crippen molar-refractivity contribution in [1.82, 2.24) is 4.98 Å². The highest BCUT2D eigenvalue weighted by molar-refractivity contribution is 9.10. The Labute approximate surface area is 131 Å². The molecule has 2 aromatic carbocycles. The monoisotopic (exact) mass is 343 g/mol. The highest BCUT2D eigenvalue weighted by atomic mass is 79.9. The lowest BCUT2D eigenvalue weighted by atomic mass is 10.1. The molecule has 21 heavy (non-hydrogen) atoms. The topological polar surface area (TPSA) is 60.2 Å². The molecule has 1 heterocycles. The Kier molecular flexibility index (Phi) is 3.66. The van der Waals surface area contributed by atoms with Crippen LogP contribution in [-0.2, 0) is 0 Å². The maximum atomic E-state index is 6.25. The molecule has 0 unspecified atom stereocenters. The second-order valence-electron chi connectivity index (χ2n) is 4.59. The zero-order valence-corrected chi connectivity index (χ0v) is 13.0. The minimum atomic E-state index is 0.699. The molecule has 0 spiro atoms. The molecule has 3 N–H and O–H groups in total. The third-order valence-electron chi connectivity index (χ3n) is 3.30. The minimum Gasteiger partial charge on any atom is -0.497 e. The van der Waals surface area contributed by atoms with E-state index in [0.29, 0.717) is 5.69 Å². The number of ether oxygens (including phenoxy) is 1. The number of nitrogens with zero attached hydrogens (tertiary/aromatic N) is 1. The molecular weight excluding hydrogens is 330 g/mol. The molecule has 0 amide bonds. The Morgan fingerprint density at radius 3 is 2.81 bits per heavy atom. The molecule has 106 valence electrons. The van der Waals surface area contributed by atoms with Crippen LogP contribution in [0.3, 0.4) is 0 Å². The number of hydrogen-bond acceptors (Lipinski definition) is 4. The van der Waals surface area contributed by atoms with Gasteiger partial charge in [0.25, 0.3) is 0 Å². The second-order valence-corrected chi connectivity index (χ2v) is 5.45. The fourth-order valence-corrected chi connectivity index (χ4v) is 2.52. The molecule has 0 aliphatic heterocycles. The van der Waals surface area contributed by atoms with Crippen LogP contribution >= 0.6 is 15.9 Å². The average molecular weight is 344 g/mol. The van der Waals surface area contributed by atoms with Crippen molar-refractivity contribution in [2.45, 2.75) is 0 Å². The van der Waals surface area contributed by atoms with Gasteiger partial charge in [0, 0.05) is 33.7 Å². The maximum absolute atomic E-state index is 6.25. The predicted molar refractivity (Wildman–Crippen MR) is 90.1 cm³/mol. The van der Waals surface area contributed by atoms with Crippen molar-refractivity contribution in [3.63, 3.8) is 0 Å². The van der Waals surface area contributed by atoms with E-state index in [1.807, 2.05) is 36.4 Å². The third kappa shape index (κ3) is 2.64. The van der Waals surface area contributed by atoms with Gasteiger partial charge in [-0.2, -0.15) is 0 Å². The van der Waals surface area contributed by atoms with Crippen molar-refractivity contribution in [1.29, 1.82) is 0 Å². The molecule has 0 aliphatic carbocycles. The van der Waals surface area contributed by atoms with Crippen LogP contribution in [0.5, 0.6) is 5.75 Å². The zero-order chi connectivity index (χ0) is 14.8. The Balaban J connectivity index is 2.04. The van der Waals surface area contributed by atoms with E-state index in [9.17, 15) is 0 Å². The summed E-state index contributed by atoms with van der Waals surface area (Å²) >= 11 is 3.52. The normalized spacial score (nSPS) is 10.6. The Bertz CT molecular complexity index is 805. The molecule has 0 saturated heterocycles. The van der Waals surface area contributed by atoms with Crippen molar-refractivity contribution in [2.24, 2.45) is 0 Å². The Hall–Kier alpha value is -2.27. The van der Waals surface area contributed by atoms with E-state index in [2.05, 4.69) is 26.2 Å². The second kappa shape index (κ2) is 5.61. The number of nitrogens with two attached hydrogens (primary N) is 1. The molecule has 0 radical (unpaired) electrons. The molecule has 3 rings (SSSR count). The van der Waals surface area contributed by atoms with Crippen LogP contribution in [0.1, 0.15) is 0 Å². The summed E-state index contributed by atoms with van der Waals surface area (Å²) < 4.78 is 6.19. The number of rotatable bonds is 3. The van der Waals surface area contributed by atoms with Gasteiger partial charge >= 0.3 is 0 Å². The molecule has 0 saturated carbocycles. The van der Waals surface area contributed by atoms with Crippen LogP contribution in [0.2, 0.25) is 0 Å². The van der Waals surface area contributed by atoms with Crippen LogP contribution in [-0.4, -0.2) is 12.1 Å². The Morgan fingerprint density at radius 2 is 2.00 bits per heavy atom. The van der Waals surface area contributed by atoms with Crippen LogP contribution in [0.25, 0.3) is 10.8 Å². The van der Waals surface area contributed by atoms with Gasteiger partial charge in [-0.25, -0.2) is 0 Å². The van der Waals surface area contributed by atoms with E-state index in [1.54, 1.807) is 19.5 Å². The van der Waals surface area contributed by atoms with Gasteiger partial charge in [0.2, 0.25) is 0 Å². The number of anilines is 3. The summed E-state index contributed by atoms with van der Waals surface area (Å²) in [4.78, 5) is 4.10. The molecule has 0 atom stereocenters. The van der Waals surface area contributed by atoms with E-state index in [0.717, 1.165) is 32.4 Å². The van der Waals surface area contributed by atoms with Gasteiger partial charge in [-0.15, -0.1) is 0 Å². The first-order valence-electron chi connectivity index (χ1n) is 6.42. The van der Waals surface area contributed by atoms with Gasteiger partial charge in [-0.1, -0.05) is 6.07 Å². The van der Waals surface area contributed by atoms with Crippen LogP contribution < -0.4 is 15.8 Å². The summed E-state index contributed by atoms with van der Waals surface area (Å²) in [6.07, 6.45) is 3.54. The van der Waals surface area contributed by atoms with Crippen molar-refractivity contribution < 1.29 is 4.74 Å². The van der Waals surface area contributed by atoms with Gasteiger partial charge in [-0.05, 0) is 40.2 Å². The zero-order valence-electron chi connectivity index (χ0n) is 11.4. The van der Waals surface area contributed by atoms with E-state index < -0.39 is 0 Å². The fraction of sp³-hybridized carbons (Fsp3) is 0.0625. The number of methoxy groups -OCH3 is 1.